The van der Waals surface area contributed by atoms with Crippen LogP contribution in [0.15, 0.2) is 53.2 Å². The van der Waals surface area contributed by atoms with Crippen molar-refractivity contribution in [3.63, 3.8) is 0 Å². The summed E-state index contributed by atoms with van der Waals surface area (Å²) >= 11 is 0. The van der Waals surface area contributed by atoms with Gasteiger partial charge >= 0.3 is 0 Å². The SMILES string of the molecule is C=C1C(C2=CCC(C)=C2)=C(C)Cc2c1ccc1c2CCC1. The number of benzene rings is 1. The van der Waals surface area contributed by atoms with E-state index >= 15 is 0 Å². The molecule has 1 aromatic rings. The zero-order valence-electron chi connectivity index (χ0n) is 13.1. The third-order valence-corrected chi connectivity index (χ3v) is 5.23. The Bertz CT molecular complexity index is 750. The van der Waals surface area contributed by atoms with Gasteiger partial charge in [-0.3, -0.25) is 0 Å². The normalized spacial score (nSPS) is 20.4. The first-order valence-corrected chi connectivity index (χ1v) is 8.06. The fraction of sp³-hybridized carbons (Fsp3) is 0.333. The molecule has 0 heteroatoms. The molecule has 0 aliphatic heterocycles. The van der Waals surface area contributed by atoms with E-state index in [2.05, 4.69) is 44.7 Å². The third kappa shape index (κ3) is 1.89. The third-order valence-electron chi connectivity index (χ3n) is 5.23. The maximum absolute atomic E-state index is 4.45. The van der Waals surface area contributed by atoms with Crippen LogP contribution in [0.5, 0.6) is 0 Å². The first kappa shape index (κ1) is 12.9. The Hall–Kier alpha value is -1.82. The first-order chi connectivity index (χ1) is 10.1. The minimum atomic E-state index is 1.09. The van der Waals surface area contributed by atoms with E-state index < -0.39 is 0 Å². The van der Waals surface area contributed by atoms with E-state index in [4.69, 9.17) is 0 Å². The molecule has 4 rings (SSSR count). The van der Waals surface area contributed by atoms with Crippen molar-refractivity contribution in [1.29, 1.82) is 0 Å². The highest BCUT2D eigenvalue weighted by Crippen LogP contribution is 2.43. The highest BCUT2D eigenvalue weighted by Gasteiger charge is 2.26. The van der Waals surface area contributed by atoms with E-state index in [1.54, 1.807) is 16.7 Å². The highest BCUT2D eigenvalue weighted by molar-refractivity contribution is 5.88. The van der Waals surface area contributed by atoms with Crippen LogP contribution < -0.4 is 0 Å². The van der Waals surface area contributed by atoms with Crippen LogP contribution in [0.4, 0.5) is 0 Å². The molecule has 0 spiro atoms. The van der Waals surface area contributed by atoms with E-state index in [0.29, 0.717) is 0 Å². The second-order valence-corrected chi connectivity index (χ2v) is 6.75. The Labute approximate surface area is 127 Å². The summed E-state index contributed by atoms with van der Waals surface area (Å²) in [6.07, 6.45) is 10.7. The number of hydrogen-bond donors (Lipinski definition) is 0. The van der Waals surface area contributed by atoms with E-state index in [1.165, 1.54) is 52.7 Å². The van der Waals surface area contributed by atoms with Crippen molar-refractivity contribution in [3.05, 3.63) is 75.4 Å². The predicted molar refractivity (Wildman–Crippen MR) is 90.4 cm³/mol. The van der Waals surface area contributed by atoms with Crippen LogP contribution in [-0.2, 0) is 19.3 Å². The lowest BCUT2D eigenvalue weighted by atomic mass is 9.78. The Balaban J connectivity index is 1.84. The summed E-state index contributed by atoms with van der Waals surface area (Å²) in [4.78, 5) is 0. The predicted octanol–water partition coefficient (Wildman–Crippen LogP) is 5.34. The second-order valence-electron chi connectivity index (χ2n) is 6.75. The van der Waals surface area contributed by atoms with Crippen molar-refractivity contribution in [2.45, 2.75) is 46.0 Å². The molecule has 0 atom stereocenters. The summed E-state index contributed by atoms with van der Waals surface area (Å²) in [5.74, 6) is 0. The van der Waals surface area contributed by atoms with Gasteiger partial charge in [-0.1, -0.05) is 42.0 Å². The fourth-order valence-electron chi connectivity index (χ4n) is 4.22. The second kappa shape index (κ2) is 4.59. The van der Waals surface area contributed by atoms with Crippen molar-refractivity contribution in [2.24, 2.45) is 0 Å². The molecule has 106 valence electrons. The zero-order chi connectivity index (χ0) is 14.6. The molecule has 0 saturated carbocycles. The molecular weight excluding hydrogens is 252 g/mol. The summed E-state index contributed by atoms with van der Waals surface area (Å²) in [5, 5.41) is 0. The van der Waals surface area contributed by atoms with Gasteiger partial charge in [0.2, 0.25) is 0 Å². The molecule has 0 radical (unpaired) electrons. The lowest BCUT2D eigenvalue weighted by Gasteiger charge is -2.26. The van der Waals surface area contributed by atoms with Gasteiger partial charge in [0.05, 0.1) is 0 Å². The zero-order valence-corrected chi connectivity index (χ0v) is 13.1. The largest absolute Gasteiger partial charge is 0.0905 e. The Kier molecular flexibility index (Phi) is 2.82. The van der Waals surface area contributed by atoms with Crippen molar-refractivity contribution < 1.29 is 0 Å². The molecule has 0 bridgehead atoms. The summed E-state index contributed by atoms with van der Waals surface area (Å²) in [5.41, 5.74) is 13.1. The van der Waals surface area contributed by atoms with E-state index in [1.807, 2.05) is 0 Å². The monoisotopic (exact) mass is 274 g/mol. The average Bonchev–Trinajstić information content (AvgIpc) is 3.07. The maximum atomic E-state index is 4.45. The van der Waals surface area contributed by atoms with Crippen LogP contribution in [0.3, 0.4) is 0 Å². The Morgan fingerprint density at radius 2 is 1.90 bits per heavy atom. The molecule has 21 heavy (non-hydrogen) atoms. The van der Waals surface area contributed by atoms with Gasteiger partial charge in [0.15, 0.2) is 0 Å². The van der Waals surface area contributed by atoms with Crippen molar-refractivity contribution in [1.82, 2.24) is 0 Å². The Morgan fingerprint density at radius 1 is 1.05 bits per heavy atom. The van der Waals surface area contributed by atoms with E-state index in [0.717, 1.165) is 12.8 Å². The van der Waals surface area contributed by atoms with Crippen molar-refractivity contribution >= 4 is 5.57 Å². The highest BCUT2D eigenvalue weighted by atomic mass is 14.3. The summed E-state index contributed by atoms with van der Waals surface area (Å²) in [6, 6.07) is 4.66. The van der Waals surface area contributed by atoms with Crippen LogP contribution >= 0.6 is 0 Å². The van der Waals surface area contributed by atoms with Gasteiger partial charge in [0.1, 0.15) is 0 Å². The number of fused-ring (bicyclic) bond motifs is 3. The Morgan fingerprint density at radius 3 is 2.67 bits per heavy atom. The first-order valence-electron chi connectivity index (χ1n) is 8.06. The summed E-state index contributed by atoms with van der Waals surface area (Å²) in [7, 11) is 0. The maximum Gasteiger partial charge on any atom is -0.00514 e. The molecule has 0 unspecified atom stereocenters. The van der Waals surface area contributed by atoms with Crippen molar-refractivity contribution in [3.8, 4) is 0 Å². The van der Waals surface area contributed by atoms with Gasteiger partial charge in [-0.15, -0.1) is 0 Å². The number of rotatable bonds is 1. The number of hydrogen-bond acceptors (Lipinski definition) is 0. The molecule has 0 amide bonds. The van der Waals surface area contributed by atoms with Crippen LogP contribution in [-0.4, -0.2) is 0 Å². The van der Waals surface area contributed by atoms with Gasteiger partial charge in [0.25, 0.3) is 0 Å². The van der Waals surface area contributed by atoms with Crippen LogP contribution in [0.1, 0.15) is 48.9 Å². The van der Waals surface area contributed by atoms with E-state index in [9.17, 15) is 0 Å². The molecule has 0 N–H and O–H groups in total. The molecule has 3 aliphatic rings. The lowest BCUT2D eigenvalue weighted by Crippen LogP contribution is -2.10. The minimum Gasteiger partial charge on any atom is -0.0905 e. The molecule has 0 saturated heterocycles. The van der Waals surface area contributed by atoms with Crippen LogP contribution in [0.25, 0.3) is 5.57 Å². The fourth-order valence-corrected chi connectivity index (χ4v) is 4.22. The number of aryl methyl sites for hydroxylation is 1. The average molecular weight is 274 g/mol. The minimum absolute atomic E-state index is 1.09. The van der Waals surface area contributed by atoms with Crippen LogP contribution in [0, 0.1) is 0 Å². The molecule has 0 aromatic heterocycles. The summed E-state index contributed by atoms with van der Waals surface area (Å²) < 4.78 is 0. The molecule has 0 nitrogen and oxygen atoms in total. The topological polar surface area (TPSA) is 0 Å². The van der Waals surface area contributed by atoms with Gasteiger partial charge in [-0.25, -0.2) is 0 Å². The van der Waals surface area contributed by atoms with Crippen molar-refractivity contribution in [2.75, 3.05) is 0 Å². The van der Waals surface area contributed by atoms with Gasteiger partial charge < -0.3 is 0 Å². The smallest absolute Gasteiger partial charge is 0.00514 e. The molecule has 1 aromatic carbocycles. The molecule has 0 heterocycles. The van der Waals surface area contributed by atoms with Gasteiger partial charge in [0, 0.05) is 0 Å². The lowest BCUT2D eigenvalue weighted by molar-refractivity contribution is 0.904. The van der Waals surface area contributed by atoms with E-state index in [-0.39, 0.29) is 0 Å². The quantitative estimate of drug-likeness (QED) is 0.648. The molecule has 3 aliphatic carbocycles. The number of allylic oxidation sites excluding steroid dienone is 7. The summed E-state index contributed by atoms with van der Waals surface area (Å²) in [6.45, 7) is 8.96. The molecule has 0 fully saturated rings. The standard InChI is InChI=1S/C21H22/c1-13-7-8-17(11-13)21-14(2)12-20-18(15(21)3)10-9-16-5-4-6-19(16)20/h8-11H,3-7,12H2,1-2H3. The van der Waals surface area contributed by atoms with Gasteiger partial charge in [-0.05, 0) is 84.9 Å². The molecular formula is C21H22. The van der Waals surface area contributed by atoms with Crippen LogP contribution in [0.2, 0.25) is 0 Å². The van der Waals surface area contributed by atoms with Gasteiger partial charge in [-0.2, -0.15) is 0 Å².